The van der Waals surface area contributed by atoms with E-state index < -0.39 is 5.82 Å². The topological polar surface area (TPSA) is 39.9 Å². The average molecular weight is 347 g/mol. The van der Waals surface area contributed by atoms with Crippen molar-refractivity contribution in [3.05, 3.63) is 33.8 Å². The molecule has 0 spiro atoms. The molecule has 0 radical (unpaired) electrons. The lowest BCUT2D eigenvalue weighted by Crippen LogP contribution is -2.18. The van der Waals surface area contributed by atoms with Crippen molar-refractivity contribution in [1.29, 1.82) is 0 Å². The van der Waals surface area contributed by atoms with Gasteiger partial charge in [0.2, 0.25) is 4.73 Å². The lowest BCUT2D eigenvalue weighted by atomic mass is 9.93. The highest BCUT2D eigenvalue weighted by Crippen LogP contribution is 2.35. The van der Waals surface area contributed by atoms with Crippen LogP contribution in [0, 0.1) is 5.82 Å². The van der Waals surface area contributed by atoms with Crippen LogP contribution in [0.1, 0.15) is 25.3 Å². The molecule has 1 heterocycles. The quantitative estimate of drug-likeness (QED) is 0.829. The first-order valence-electron chi connectivity index (χ1n) is 5.88. The highest BCUT2D eigenvalue weighted by molar-refractivity contribution is 9.10. The second-order valence-corrected chi connectivity index (χ2v) is 5.49. The van der Waals surface area contributed by atoms with Crippen LogP contribution in [0.15, 0.2) is 22.9 Å². The maximum Gasteiger partial charge on any atom is 0.321 e. The largest absolute Gasteiger partial charge is 0.424 e. The molecule has 1 saturated carbocycles. The molecular formula is C12H10BrClFN3O. The number of rotatable bonds is 3. The molecule has 0 amide bonds. The first kappa shape index (κ1) is 12.9. The summed E-state index contributed by atoms with van der Waals surface area (Å²) in [4.78, 5) is 4.17. The highest BCUT2D eigenvalue weighted by atomic mass is 79.9. The first-order chi connectivity index (χ1) is 9.13. The van der Waals surface area contributed by atoms with E-state index in [1.165, 1.54) is 24.6 Å². The Kier molecular flexibility index (Phi) is 3.45. The normalized spacial score (nSPS) is 15.3. The monoisotopic (exact) mass is 345 g/mol. The van der Waals surface area contributed by atoms with Crippen LogP contribution in [0.4, 0.5) is 4.39 Å². The second kappa shape index (κ2) is 5.09. The number of aromatic nitrogens is 3. The molecule has 1 aliphatic carbocycles. The molecule has 2 aromatic rings. The molecule has 0 unspecified atom stereocenters. The first-order valence-corrected chi connectivity index (χ1v) is 7.05. The lowest BCUT2D eigenvalue weighted by Gasteiger charge is -2.25. The van der Waals surface area contributed by atoms with E-state index in [2.05, 4.69) is 26.0 Å². The molecule has 0 bridgehead atoms. The Bertz CT molecular complexity index is 615. The van der Waals surface area contributed by atoms with Crippen molar-refractivity contribution in [3.63, 3.8) is 0 Å². The highest BCUT2D eigenvalue weighted by Gasteiger charge is 2.25. The molecule has 0 saturated heterocycles. The average Bonchev–Trinajstić information content (AvgIpc) is 2.63. The maximum absolute atomic E-state index is 13.1. The lowest BCUT2D eigenvalue weighted by molar-refractivity contribution is 0.257. The molecule has 100 valence electrons. The summed E-state index contributed by atoms with van der Waals surface area (Å²) in [6.45, 7) is 0. The summed E-state index contributed by atoms with van der Waals surface area (Å²) in [6.07, 6.45) is 3.32. The van der Waals surface area contributed by atoms with Gasteiger partial charge in [-0.05, 0) is 47.3 Å². The van der Waals surface area contributed by atoms with Gasteiger partial charge in [0.05, 0.1) is 11.1 Å². The van der Waals surface area contributed by atoms with Crippen LogP contribution in [0.25, 0.3) is 0 Å². The number of ether oxygens (including phenoxy) is 1. The van der Waals surface area contributed by atoms with Gasteiger partial charge >= 0.3 is 6.01 Å². The predicted molar refractivity (Wildman–Crippen MR) is 72.1 cm³/mol. The Morgan fingerprint density at radius 3 is 2.84 bits per heavy atom. The number of hydrogen-bond donors (Lipinski definition) is 0. The van der Waals surface area contributed by atoms with Crippen LogP contribution in [-0.4, -0.2) is 14.8 Å². The Morgan fingerprint density at radius 1 is 1.42 bits per heavy atom. The minimum Gasteiger partial charge on any atom is -0.424 e. The smallest absolute Gasteiger partial charge is 0.321 e. The van der Waals surface area contributed by atoms with Crippen molar-refractivity contribution in [1.82, 2.24) is 14.8 Å². The summed E-state index contributed by atoms with van der Waals surface area (Å²) in [5.41, 5.74) is 0. The Labute approximate surface area is 122 Å². The van der Waals surface area contributed by atoms with Crippen LogP contribution in [-0.2, 0) is 0 Å². The zero-order valence-corrected chi connectivity index (χ0v) is 12.2. The second-order valence-electron chi connectivity index (χ2n) is 4.37. The zero-order chi connectivity index (χ0) is 13.4. The van der Waals surface area contributed by atoms with E-state index in [4.69, 9.17) is 16.3 Å². The van der Waals surface area contributed by atoms with Crippen molar-refractivity contribution in [2.75, 3.05) is 0 Å². The Morgan fingerprint density at radius 2 is 2.21 bits per heavy atom. The van der Waals surface area contributed by atoms with Crippen LogP contribution in [0.3, 0.4) is 0 Å². The van der Waals surface area contributed by atoms with Crippen LogP contribution in [0.2, 0.25) is 5.02 Å². The minimum absolute atomic E-state index is 0.0197. The molecule has 4 nitrogen and oxygen atoms in total. The van der Waals surface area contributed by atoms with Crippen LogP contribution >= 0.6 is 27.5 Å². The molecule has 1 aromatic heterocycles. The Hall–Kier alpha value is -1.14. The molecule has 0 N–H and O–H groups in total. The van der Waals surface area contributed by atoms with Gasteiger partial charge in [-0.1, -0.05) is 11.6 Å². The third kappa shape index (κ3) is 2.60. The van der Waals surface area contributed by atoms with Crippen molar-refractivity contribution in [2.24, 2.45) is 0 Å². The predicted octanol–water partition coefficient (Wildman–Crippen LogP) is 4.35. The van der Waals surface area contributed by atoms with Gasteiger partial charge in [-0.25, -0.2) is 9.07 Å². The third-order valence-corrected chi connectivity index (χ3v) is 3.72. The number of nitrogens with zero attached hydrogens (tertiary/aromatic N) is 3. The summed E-state index contributed by atoms with van der Waals surface area (Å²) in [5.74, 6) is -0.0393. The van der Waals surface area contributed by atoms with E-state index in [0.717, 1.165) is 12.8 Å². The number of hydrogen-bond acceptors (Lipinski definition) is 3. The SMILES string of the molecule is Fc1ccc(Oc2nc(Br)nn2C2CCC2)cc1Cl. The van der Waals surface area contributed by atoms with Gasteiger partial charge in [0.1, 0.15) is 11.6 Å². The van der Waals surface area contributed by atoms with Gasteiger partial charge in [0.25, 0.3) is 0 Å². The van der Waals surface area contributed by atoms with Crippen molar-refractivity contribution in [2.45, 2.75) is 25.3 Å². The maximum atomic E-state index is 13.1. The van der Waals surface area contributed by atoms with Gasteiger partial charge in [-0.3, -0.25) is 0 Å². The third-order valence-electron chi connectivity index (χ3n) is 3.09. The molecule has 1 fully saturated rings. The van der Waals surface area contributed by atoms with Crippen LogP contribution in [0.5, 0.6) is 11.8 Å². The zero-order valence-electron chi connectivity index (χ0n) is 9.81. The van der Waals surface area contributed by atoms with Gasteiger partial charge in [0, 0.05) is 6.07 Å². The fourth-order valence-electron chi connectivity index (χ4n) is 1.87. The summed E-state index contributed by atoms with van der Waals surface area (Å²) in [5, 5.41) is 4.28. The minimum atomic E-state index is -0.476. The van der Waals surface area contributed by atoms with E-state index in [0.29, 0.717) is 22.5 Å². The van der Waals surface area contributed by atoms with Gasteiger partial charge in [-0.2, -0.15) is 4.98 Å². The van der Waals surface area contributed by atoms with E-state index >= 15 is 0 Å². The molecule has 3 rings (SSSR count). The van der Waals surface area contributed by atoms with Crippen molar-refractivity contribution in [3.8, 4) is 11.8 Å². The fraction of sp³-hybridized carbons (Fsp3) is 0.333. The number of benzene rings is 1. The fourth-order valence-corrected chi connectivity index (χ4v) is 2.36. The molecule has 0 aliphatic heterocycles. The summed E-state index contributed by atoms with van der Waals surface area (Å²) in [6, 6.07) is 4.90. The standard InChI is InChI=1S/C12H10BrClFN3O/c13-11-16-12(18(17-11)7-2-1-3-7)19-8-4-5-10(15)9(14)6-8/h4-7H,1-3H2. The molecule has 1 aromatic carbocycles. The molecule has 7 heteroatoms. The summed E-state index contributed by atoms with van der Waals surface area (Å²) < 4.78 is 20.9. The molecule has 1 aliphatic rings. The number of halogens is 3. The van der Waals surface area contributed by atoms with E-state index in [9.17, 15) is 4.39 Å². The molecule has 0 atom stereocenters. The van der Waals surface area contributed by atoms with Gasteiger partial charge < -0.3 is 4.74 Å². The van der Waals surface area contributed by atoms with E-state index in [1.54, 1.807) is 4.68 Å². The molecule has 19 heavy (non-hydrogen) atoms. The summed E-state index contributed by atoms with van der Waals surface area (Å²) >= 11 is 8.95. The van der Waals surface area contributed by atoms with E-state index in [1.807, 2.05) is 0 Å². The van der Waals surface area contributed by atoms with Crippen molar-refractivity contribution >= 4 is 27.5 Å². The molecular weight excluding hydrogens is 337 g/mol. The van der Waals surface area contributed by atoms with Crippen LogP contribution < -0.4 is 4.74 Å². The van der Waals surface area contributed by atoms with Gasteiger partial charge in [-0.15, -0.1) is 5.10 Å². The van der Waals surface area contributed by atoms with Gasteiger partial charge in [0.15, 0.2) is 0 Å². The summed E-state index contributed by atoms with van der Waals surface area (Å²) in [7, 11) is 0. The Balaban J connectivity index is 1.87. The van der Waals surface area contributed by atoms with Crippen molar-refractivity contribution < 1.29 is 9.13 Å². The van der Waals surface area contributed by atoms with E-state index in [-0.39, 0.29) is 5.02 Å².